The summed E-state index contributed by atoms with van der Waals surface area (Å²) < 4.78 is 7.14. The highest BCUT2D eigenvalue weighted by Crippen LogP contribution is 2.26. The molecular formula is C15H23N3O2. The first kappa shape index (κ1) is 14.7. The Kier molecular flexibility index (Phi) is 4.84. The molecule has 110 valence electrons. The third-order valence-electron chi connectivity index (χ3n) is 3.34. The van der Waals surface area contributed by atoms with E-state index >= 15 is 0 Å². The van der Waals surface area contributed by atoms with Gasteiger partial charge in [-0.25, -0.2) is 4.68 Å². The molecule has 2 aromatic heterocycles. The first-order chi connectivity index (χ1) is 9.65. The van der Waals surface area contributed by atoms with Gasteiger partial charge < -0.3 is 14.8 Å². The lowest BCUT2D eigenvalue weighted by molar-refractivity contribution is 0.270. The quantitative estimate of drug-likeness (QED) is 0.816. The van der Waals surface area contributed by atoms with Gasteiger partial charge in [-0.05, 0) is 26.3 Å². The van der Waals surface area contributed by atoms with E-state index in [9.17, 15) is 0 Å². The smallest absolute Gasteiger partial charge is 0.125 e. The van der Waals surface area contributed by atoms with E-state index < -0.39 is 0 Å². The van der Waals surface area contributed by atoms with Crippen molar-refractivity contribution < 1.29 is 9.52 Å². The first-order valence-electron chi connectivity index (χ1n) is 7.15. The molecular weight excluding hydrogens is 254 g/mol. The lowest BCUT2D eigenvalue weighted by atomic mass is 10.2. The summed E-state index contributed by atoms with van der Waals surface area (Å²) in [6, 6.07) is 4.31. The van der Waals surface area contributed by atoms with Crippen LogP contribution in [0, 0.1) is 6.92 Å². The predicted octanol–water partition coefficient (Wildman–Crippen LogP) is 3.04. The number of aliphatic hydroxyl groups is 1. The molecule has 0 saturated heterocycles. The zero-order chi connectivity index (χ0) is 14.5. The molecule has 0 saturated carbocycles. The van der Waals surface area contributed by atoms with E-state index in [1.54, 1.807) is 6.26 Å². The van der Waals surface area contributed by atoms with Crippen molar-refractivity contribution in [2.45, 2.75) is 46.2 Å². The molecule has 0 aliphatic rings. The van der Waals surface area contributed by atoms with Crippen LogP contribution in [-0.2, 0) is 6.54 Å². The Morgan fingerprint density at radius 1 is 1.50 bits per heavy atom. The number of hydrogen-bond donors (Lipinski definition) is 2. The van der Waals surface area contributed by atoms with Crippen LogP contribution in [-0.4, -0.2) is 27.5 Å². The fourth-order valence-corrected chi connectivity index (χ4v) is 2.34. The summed E-state index contributed by atoms with van der Waals surface area (Å²) in [5, 5.41) is 17.2. The molecule has 0 fully saturated rings. The Balaban J connectivity index is 2.26. The van der Waals surface area contributed by atoms with E-state index in [-0.39, 0.29) is 6.61 Å². The van der Waals surface area contributed by atoms with Gasteiger partial charge in [-0.1, -0.05) is 13.3 Å². The number of hydrogen-bond acceptors (Lipinski definition) is 4. The summed E-state index contributed by atoms with van der Waals surface area (Å²) in [4.78, 5) is 0. The van der Waals surface area contributed by atoms with Gasteiger partial charge in [0.2, 0.25) is 0 Å². The molecule has 5 nitrogen and oxygen atoms in total. The minimum absolute atomic E-state index is 0.0718. The van der Waals surface area contributed by atoms with Crippen molar-refractivity contribution in [2.75, 3.05) is 11.9 Å². The first-order valence-corrected chi connectivity index (χ1v) is 7.15. The molecule has 1 atom stereocenters. The largest absolute Gasteiger partial charge is 0.469 e. The monoisotopic (exact) mass is 277 g/mol. The number of furan rings is 1. The van der Waals surface area contributed by atoms with Crippen molar-refractivity contribution in [2.24, 2.45) is 0 Å². The van der Waals surface area contributed by atoms with Crippen LogP contribution in [0.15, 0.2) is 22.8 Å². The highest BCUT2D eigenvalue weighted by Gasteiger charge is 2.14. The van der Waals surface area contributed by atoms with E-state index in [0.717, 1.165) is 35.7 Å². The van der Waals surface area contributed by atoms with Crippen LogP contribution < -0.4 is 5.32 Å². The Hall–Kier alpha value is -1.75. The maximum atomic E-state index is 9.17. The molecule has 2 heterocycles. The van der Waals surface area contributed by atoms with E-state index in [4.69, 9.17) is 9.52 Å². The van der Waals surface area contributed by atoms with Crippen LogP contribution in [0.1, 0.15) is 32.4 Å². The molecule has 0 radical (unpaired) electrons. The average molecular weight is 277 g/mol. The standard InChI is InChI=1S/C15H23N3O2/c1-4-5-11(2)16-15-10-14(17-18(15)7-8-19)13-6-9-20-12(13)3/h6,9-11,16,19H,4-5,7-8H2,1-3H3. The Morgan fingerprint density at radius 3 is 2.90 bits per heavy atom. The van der Waals surface area contributed by atoms with Gasteiger partial charge in [-0.2, -0.15) is 5.10 Å². The van der Waals surface area contributed by atoms with Crippen LogP contribution in [0.5, 0.6) is 0 Å². The van der Waals surface area contributed by atoms with Gasteiger partial charge in [-0.3, -0.25) is 0 Å². The van der Waals surface area contributed by atoms with Crippen LogP contribution in [0.2, 0.25) is 0 Å². The summed E-state index contributed by atoms with van der Waals surface area (Å²) in [7, 11) is 0. The molecule has 0 amide bonds. The predicted molar refractivity (Wildman–Crippen MR) is 79.7 cm³/mol. The second-order valence-corrected chi connectivity index (χ2v) is 5.09. The van der Waals surface area contributed by atoms with Crippen molar-refractivity contribution in [3.63, 3.8) is 0 Å². The number of nitrogens with zero attached hydrogens (tertiary/aromatic N) is 2. The van der Waals surface area contributed by atoms with Crippen LogP contribution in [0.3, 0.4) is 0 Å². The summed E-state index contributed by atoms with van der Waals surface area (Å²) in [5.41, 5.74) is 1.86. The van der Waals surface area contributed by atoms with E-state index in [0.29, 0.717) is 12.6 Å². The summed E-state index contributed by atoms with van der Waals surface area (Å²) in [6.45, 7) is 6.81. The molecule has 0 bridgehead atoms. The topological polar surface area (TPSA) is 63.2 Å². The maximum Gasteiger partial charge on any atom is 0.125 e. The average Bonchev–Trinajstić information content (AvgIpc) is 2.97. The lowest BCUT2D eigenvalue weighted by Gasteiger charge is -2.14. The van der Waals surface area contributed by atoms with Crippen molar-refractivity contribution in [1.82, 2.24) is 9.78 Å². The molecule has 2 rings (SSSR count). The van der Waals surface area contributed by atoms with Crippen LogP contribution in [0.25, 0.3) is 11.3 Å². The molecule has 2 aromatic rings. The van der Waals surface area contributed by atoms with Gasteiger partial charge in [0.05, 0.1) is 25.1 Å². The van der Waals surface area contributed by atoms with E-state index in [1.807, 2.05) is 23.7 Å². The van der Waals surface area contributed by atoms with Gasteiger partial charge in [-0.15, -0.1) is 0 Å². The fourth-order valence-electron chi connectivity index (χ4n) is 2.34. The number of rotatable bonds is 7. The van der Waals surface area contributed by atoms with Crippen molar-refractivity contribution in [3.05, 3.63) is 24.2 Å². The minimum atomic E-state index is 0.0718. The van der Waals surface area contributed by atoms with E-state index in [2.05, 4.69) is 24.3 Å². The molecule has 1 unspecified atom stereocenters. The Labute approximate surface area is 119 Å². The van der Waals surface area contributed by atoms with Crippen molar-refractivity contribution in [3.8, 4) is 11.3 Å². The van der Waals surface area contributed by atoms with Gasteiger partial charge >= 0.3 is 0 Å². The molecule has 20 heavy (non-hydrogen) atoms. The fraction of sp³-hybridized carbons (Fsp3) is 0.533. The SMILES string of the molecule is CCCC(C)Nc1cc(-c2ccoc2C)nn1CCO. The second kappa shape index (κ2) is 6.61. The zero-order valence-electron chi connectivity index (χ0n) is 12.4. The number of aryl methyl sites for hydroxylation is 1. The third kappa shape index (κ3) is 3.22. The maximum absolute atomic E-state index is 9.17. The summed E-state index contributed by atoms with van der Waals surface area (Å²) >= 11 is 0. The molecule has 0 aliphatic heterocycles. The normalized spacial score (nSPS) is 12.6. The van der Waals surface area contributed by atoms with Crippen molar-refractivity contribution >= 4 is 5.82 Å². The highest BCUT2D eigenvalue weighted by molar-refractivity contribution is 5.64. The Bertz CT molecular complexity index is 545. The minimum Gasteiger partial charge on any atom is -0.469 e. The molecule has 0 aliphatic carbocycles. The molecule has 5 heteroatoms. The van der Waals surface area contributed by atoms with Crippen LogP contribution in [0.4, 0.5) is 5.82 Å². The number of anilines is 1. The van der Waals surface area contributed by atoms with Gasteiger partial charge in [0, 0.05) is 17.7 Å². The summed E-state index contributed by atoms with van der Waals surface area (Å²) in [6.07, 6.45) is 3.91. The summed E-state index contributed by atoms with van der Waals surface area (Å²) in [5.74, 6) is 1.79. The Morgan fingerprint density at radius 2 is 2.30 bits per heavy atom. The molecule has 0 aromatic carbocycles. The van der Waals surface area contributed by atoms with Gasteiger partial charge in [0.15, 0.2) is 0 Å². The number of aromatic nitrogens is 2. The van der Waals surface area contributed by atoms with E-state index in [1.165, 1.54) is 0 Å². The number of nitrogens with one attached hydrogen (secondary N) is 1. The zero-order valence-corrected chi connectivity index (χ0v) is 12.4. The lowest BCUT2D eigenvalue weighted by Crippen LogP contribution is -2.18. The van der Waals surface area contributed by atoms with Gasteiger partial charge in [0.1, 0.15) is 11.6 Å². The highest BCUT2D eigenvalue weighted by atomic mass is 16.3. The molecule has 0 spiro atoms. The molecule has 2 N–H and O–H groups in total. The van der Waals surface area contributed by atoms with Crippen molar-refractivity contribution in [1.29, 1.82) is 0 Å². The second-order valence-electron chi connectivity index (χ2n) is 5.09. The third-order valence-corrected chi connectivity index (χ3v) is 3.34. The number of aliphatic hydroxyl groups excluding tert-OH is 1. The van der Waals surface area contributed by atoms with Gasteiger partial charge in [0.25, 0.3) is 0 Å². The van der Waals surface area contributed by atoms with Crippen LogP contribution >= 0.6 is 0 Å².